The highest BCUT2D eigenvalue weighted by atomic mass is 15.1. The normalized spacial score (nSPS) is 9.83. The Kier molecular flexibility index (Phi) is 3.53. The van der Waals surface area contributed by atoms with Gasteiger partial charge in [0.1, 0.15) is 11.6 Å². The first-order valence-electron chi connectivity index (χ1n) is 5.69. The molecule has 3 nitrogen and oxygen atoms in total. The summed E-state index contributed by atoms with van der Waals surface area (Å²) in [7, 11) is 0. The first-order chi connectivity index (χ1) is 8.74. The summed E-state index contributed by atoms with van der Waals surface area (Å²) in [6.07, 6.45) is 5.23. The molecule has 0 atom stereocenters. The molecular weight excluding hydrogens is 222 g/mol. The van der Waals surface area contributed by atoms with Crippen molar-refractivity contribution in [1.82, 2.24) is 9.97 Å². The lowest BCUT2D eigenvalue weighted by atomic mass is 10.2. The first kappa shape index (κ1) is 12.0. The number of aromatic nitrogens is 2. The number of nitrogens with zero attached hydrogens (tertiary/aromatic N) is 2. The van der Waals surface area contributed by atoms with Crippen LogP contribution in [0.25, 0.3) is 12.2 Å². The first-order valence-corrected chi connectivity index (χ1v) is 5.69. The molecule has 0 fully saturated rings. The highest BCUT2D eigenvalue weighted by Gasteiger charge is 2.03. The predicted molar refractivity (Wildman–Crippen MR) is 76.7 cm³/mol. The molecule has 1 N–H and O–H groups in total. The van der Waals surface area contributed by atoms with E-state index in [2.05, 4.69) is 28.4 Å². The van der Waals surface area contributed by atoms with E-state index in [1.807, 2.05) is 31.2 Å². The van der Waals surface area contributed by atoms with Crippen molar-refractivity contribution >= 4 is 23.8 Å². The standard InChI is InChI=1S/C15H15N3/c1-4-12-8-9-14(17-13(12)5-2)18-15-11(3)7-6-10-16-15/h4-10H,1-2H2,3H3,(H,16,17,18). The van der Waals surface area contributed by atoms with Gasteiger partial charge in [-0.15, -0.1) is 0 Å². The van der Waals surface area contributed by atoms with Crippen molar-refractivity contribution in [3.63, 3.8) is 0 Å². The molecule has 0 aliphatic heterocycles. The van der Waals surface area contributed by atoms with E-state index in [1.54, 1.807) is 18.3 Å². The van der Waals surface area contributed by atoms with Crippen molar-refractivity contribution in [2.75, 3.05) is 5.32 Å². The fourth-order valence-corrected chi connectivity index (χ4v) is 1.63. The van der Waals surface area contributed by atoms with Crippen molar-refractivity contribution in [3.05, 3.63) is 60.4 Å². The molecule has 0 unspecified atom stereocenters. The molecule has 0 saturated carbocycles. The predicted octanol–water partition coefficient (Wildman–Crippen LogP) is 3.81. The average molecular weight is 237 g/mol. The van der Waals surface area contributed by atoms with Crippen molar-refractivity contribution in [2.45, 2.75) is 6.92 Å². The molecule has 0 aliphatic rings. The van der Waals surface area contributed by atoms with Crippen molar-refractivity contribution in [2.24, 2.45) is 0 Å². The Morgan fingerprint density at radius 1 is 1.17 bits per heavy atom. The van der Waals surface area contributed by atoms with E-state index in [-0.39, 0.29) is 0 Å². The second-order valence-corrected chi connectivity index (χ2v) is 3.87. The number of anilines is 2. The molecule has 0 amide bonds. The van der Waals surface area contributed by atoms with Gasteiger partial charge in [0.2, 0.25) is 0 Å². The minimum absolute atomic E-state index is 0.748. The van der Waals surface area contributed by atoms with Crippen molar-refractivity contribution in [1.29, 1.82) is 0 Å². The Balaban J connectivity index is 2.33. The third-order valence-corrected chi connectivity index (χ3v) is 2.63. The number of pyridine rings is 2. The Morgan fingerprint density at radius 2 is 2.00 bits per heavy atom. The molecule has 90 valence electrons. The Labute approximate surface area is 107 Å². The lowest BCUT2D eigenvalue weighted by Gasteiger charge is -2.09. The van der Waals surface area contributed by atoms with Gasteiger partial charge in [0.05, 0.1) is 5.69 Å². The van der Waals surface area contributed by atoms with E-state index in [1.165, 1.54) is 0 Å². The summed E-state index contributed by atoms with van der Waals surface area (Å²) in [5.41, 5.74) is 2.85. The molecule has 0 radical (unpaired) electrons. The van der Waals surface area contributed by atoms with Gasteiger partial charge in [-0.3, -0.25) is 0 Å². The van der Waals surface area contributed by atoms with E-state index in [0.29, 0.717) is 0 Å². The maximum atomic E-state index is 4.46. The third kappa shape index (κ3) is 2.46. The van der Waals surface area contributed by atoms with Crippen LogP contribution in [-0.2, 0) is 0 Å². The minimum atomic E-state index is 0.748. The zero-order valence-corrected chi connectivity index (χ0v) is 10.4. The summed E-state index contributed by atoms with van der Waals surface area (Å²) in [5, 5.41) is 3.19. The fraction of sp³-hybridized carbons (Fsp3) is 0.0667. The van der Waals surface area contributed by atoms with Gasteiger partial charge in [-0.1, -0.05) is 25.3 Å². The highest BCUT2D eigenvalue weighted by Crippen LogP contribution is 2.18. The molecule has 3 heteroatoms. The van der Waals surface area contributed by atoms with E-state index < -0.39 is 0 Å². The lowest BCUT2D eigenvalue weighted by Crippen LogP contribution is -1.99. The molecule has 0 bridgehead atoms. The van der Waals surface area contributed by atoms with Gasteiger partial charge in [0.25, 0.3) is 0 Å². The molecule has 2 aromatic rings. The van der Waals surface area contributed by atoms with Crippen LogP contribution >= 0.6 is 0 Å². The second-order valence-electron chi connectivity index (χ2n) is 3.87. The number of aryl methyl sites for hydroxylation is 1. The number of rotatable bonds is 4. The molecule has 0 aliphatic carbocycles. The van der Waals surface area contributed by atoms with Gasteiger partial charge in [0.15, 0.2) is 0 Å². The molecule has 0 spiro atoms. The molecule has 2 rings (SSSR count). The average Bonchev–Trinajstić information content (AvgIpc) is 2.41. The van der Waals surface area contributed by atoms with E-state index >= 15 is 0 Å². The van der Waals surface area contributed by atoms with Crippen LogP contribution in [0.15, 0.2) is 43.6 Å². The van der Waals surface area contributed by atoms with Crippen molar-refractivity contribution < 1.29 is 0 Å². The van der Waals surface area contributed by atoms with Gasteiger partial charge in [-0.05, 0) is 42.3 Å². The Bertz CT molecular complexity index is 588. The Morgan fingerprint density at radius 3 is 2.67 bits per heavy atom. The summed E-state index contributed by atoms with van der Waals surface area (Å²) >= 11 is 0. The maximum Gasteiger partial charge on any atom is 0.134 e. The monoisotopic (exact) mass is 237 g/mol. The van der Waals surface area contributed by atoms with Gasteiger partial charge >= 0.3 is 0 Å². The topological polar surface area (TPSA) is 37.8 Å². The van der Waals surface area contributed by atoms with Gasteiger partial charge in [0, 0.05) is 6.20 Å². The molecule has 18 heavy (non-hydrogen) atoms. The number of nitrogens with one attached hydrogen (secondary N) is 1. The summed E-state index contributed by atoms with van der Waals surface area (Å²) in [6, 6.07) is 7.77. The van der Waals surface area contributed by atoms with E-state index in [4.69, 9.17) is 0 Å². The summed E-state index contributed by atoms with van der Waals surface area (Å²) in [6.45, 7) is 9.50. The SMILES string of the molecule is C=Cc1ccc(Nc2ncccc2C)nc1C=C. The van der Waals surface area contributed by atoms with Gasteiger partial charge in [-0.25, -0.2) is 9.97 Å². The van der Waals surface area contributed by atoms with Crippen LogP contribution in [0.5, 0.6) is 0 Å². The molecule has 0 saturated heterocycles. The van der Waals surface area contributed by atoms with Crippen LogP contribution in [0.3, 0.4) is 0 Å². The largest absolute Gasteiger partial charge is 0.325 e. The molecule has 0 aromatic carbocycles. The zero-order valence-electron chi connectivity index (χ0n) is 10.4. The minimum Gasteiger partial charge on any atom is -0.325 e. The quantitative estimate of drug-likeness (QED) is 0.878. The summed E-state index contributed by atoms with van der Waals surface area (Å²) in [5.74, 6) is 1.56. The summed E-state index contributed by atoms with van der Waals surface area (Å²) < 4.78 is 0. The maximum absolute atomic E-state index is 4.46. The molecule has 2 aromatic heterocycles. The van der Waals surface area contributed by atoms with E-state index in [0.717, 1.165) is 28.5 Å². The number of hydrogen-bond donors (Lipinski definition) is 1. The van der Waals surface area contributed by atoms with Crippen molar-refractivity contribution in [3.8, 4) is 0 Å². The van der Waals surface area contributed by atoms with Gasteiger partial charge in [-0.2, -0.15) is 0 Å². The van der Waals surface area contributed by atoms with E-state index in [9.17, 15) is 0 Å². The smallest absolute Gasteiger partial charge is 0.134 e. The Hall–Kier alpha value is -2.42. The lowest BCUT2D eigenvalue weighted by molar-refractivity contribution is 1.21. The van der Waals surface area contributed by atoms with Crippen LogP contribution in [0, 0.1) is 6.92 Å². The highest BCUT2D eigenvalue weighted by molar-refractivity contribution is 5.65. The second kappa shape index (κ2) is 5.27. The summed E-state index contributed by atoms with van der Waals surface area (Å²) in [4.78, 5) is 8.73. The fourth-order valence-electron chi connectivity index (χ4n) is 1.63. The van der Waals surface area contributed by atoms with Crippen LogP contribution in [0.2, 0.25) is 0 Å². The van der Waals surface area contributed by atoms with Crippen LogP contribution < -0.4 is 5.32 Å². The molecular formula is C15H15N3. The third-order valence-electron chi connectivity index (χ3n) is 2.63. The zero-order chi connectivity index (χ0) is 13.0. The van der Waals surface area contributed by atoms with Crippen LogP contribution in [0.4, 0.5) is 11.6 Å². The van der Waals surface area contributed by atoms with Gasteiger partial charge < -0.3 is 5.32 Å². The van der Waals surface area contributed by atoms with Crippen LogP contribution in [-0.4, -0.2) is 9.97 Å². The number of hydrogen-bond acceptors (Lipinski definition) is 3. The van der Waals surface area contributed by atoms with Crippen LogP contribution in [0.1, 0.15) is 16.8 Å². The molecule has 2 heterocycles.